The zero-order valence-corrected chi connectivity index (χ0v) is 16.0. The molecule has 0 fully saturated rings. The van der Waals surface area contributed by atoms with Gasteiger partial charge in [0.25, 0.3) is 0 Å². The summed E-state index contributed by atoms with van der Waals surface area (Å²) in [5, 5.41) is 0. The van der Waals surface area contributed by atoms with Crippen molar-refractivity contribution in [3.8, 4) is 0 Å². The molecule has 5 heteroatoms. The summed E-state index contributed by atoms with van der Waals surface area (Å²) in [4.78, 5) is 19.2. The maximum atomic E-state index is 12.5. The van der Waals surface area contributed by atoms with Crippen LogP contribution in [0.4, 0.5) is 5.69 Å². The molecule has 0 aliphatic carbocycles. The molecule has 1 aliphatic rings. The Labute approximate surface area is 148 Å². The maximum absolute atomic E-state index is 12.5. The van der Waals surface area contributed by atoms with Gasteiger partial charge in [0.1, 0.15) is 4.38 Å². The van der Waals surface area contributed by atoms with Gasteiger partial charge in [0.05, 0.1) is 11.4 Å². The molecule has 3 nitrogen and oxygen atoms in total. The van der Waals surface area contributed by atoms with Crippen molar-refractivity contribution >= 4 is 39.5 Å². The summed E-state index contributed by atoms with van der Waals surface area (Å²) in [5.74, 6) is 2.64. The number of benzene rings is 1. The van der Waals surface area contributed by atoms with Crippen LogP contribution in [0.3, 0.4) is 0 Å². The third-order valence-corrected chi connectivity index (χ3v) is 5.63. The molecule has 1 aliphatic heterocycles. The molecule has 0 aromatic heterocycles. The highest BCUT2D eigenvalue weighted by atomic mass is 32.2. The molecule has 0 spiro atoms. The van der Waals surface area contributed by atoms with Crippen molar-refractivity contribution in [1.29, 1.82) is 0 Å². The van der Waals surface area contributed by atoms with Crippen LogP contribution < -0.4 is 0 Å². The van der Waals surface area contributed by atoms with Gasteiger partial charge in [-0.15, -0.1) is 0 Å². The van der Waals surface area contributed by atoms with Crippen LogP contribution in [0.5, 0.6) is 0 Å². The smallest absolute Gasteiger partial charge is 0.233 e. The minimum absolute atomic E-state index is 0.222. The van der Waals surface area contributed by atoms with Crippen molar-refractivity contribution in [3.05, 3.63) is 29.8 Å². The van der Waals surface area contributed by atoms with Crippen LogP contribution in [0.25, 0.3) is 0 Å². The first kappa shape index (κ1) is 18.4. The average molecular weight is 351 g/mol. The SMILES string of the molecule is CC(C)CN(CC(C)C)C(=O)CSC1=Nc2ccccc2CS1. The second-order valence-electron chi connectivity index (χ2n) is 6.67. The standard InChI is InChI=1S/C18H26N2OS2/c1-13(2)9-20(10-14(3)4)17(21)12-23-18-19-16-8-6-5-7-15(16)11-22-18/h5-8,13-14H,9-12H2,1-4H3. The van der Waals surface area contributed by atoms with E-state index in [4.69, 9.17) is 0 Å². The lowest BCUT2D eigenvalue weighted by molar-refractivity contribution is -0.129. The van der Waals surface area contributed by atoms with Crippen LogP contribution in [-0.4, -0.2) is 34.0 Å². The molecule has 1 heterocycles. The predicted octanol–water partition coefficient (Wildman–Crippen LogP) is 4.79. The van der Waals surface area contributed by atoms with Gasteiger partial charge in [0.15, 0.2) is 0 Å². The summed E-state index contributed by atoms with van der Waals surface area (Å²) >= 11 is 3.30. The van der Waals surface area contributed by atoms with Gasteiger partial charge in [-0.2, -0.15) is 0 Å². The number of amides is 1. The minimum atomic E-state index is 0.222. The fraction of sp³-hybridized carbons (Fsp3) is 0.556. The molecule has 0 saturated carbocycles. The molecule has 1 aromatic carbocycles. The zero-order chi connectivity index (χ0) is 16.8. The van der Waals surface area contributed by atoms with Gasteiger partial charge < -0.3 is 4.90 Å². The van der Waals surface area contributed by atoms with Gasteiger partial charge in [-0.05, 0) is 23.5 Å². The molecule has 0 atom stereocenters. The van der Waals surface area contributed by atoms with Crippen molar-refractivity contribution in [2.24, 2.45) is 16.8 Å². The second-order valence-corrected chi connectivity index (χ2v) is 8.86. The maximum Gasteiger partial charge on any atom is 0.233 e. The van der Waals surface area contributed by atoms with E-state index in [1.54, 1.807) is 23.5 Å². The van der Waals surface area contributed by atoms with Gasteiger partial charge in [-0.1, -0.05) is 69.4 Å². The van der Waals surface area contributed by atoms with E-state index in [1.807, 2.05) is 23.1 Å². The minimum Gasteiger partial charge on any atom is -0.341 e. The molecule has 1 aromatic rings. The summed E-state index contributed by atoms with van der Waals surface area (Å²) < 4.78 is 1.01. The summed E-state index contributed by atoms with van der Waals surface area (Å²) in [5.41, 5.74) is 2.32. The van der Waals surface area contributed by atoms with E-state index >= 15 is 0 Å². The Kier molecular flexibility index (Phi) is 7.03. The van der Waals surface area contributed by atoms with Crippen LogP contribution in [0.1, 0.15) is 33.3 Å². The molecule has 1 amide bonds. The molecule has 126 valence electrons. The lowest BCUT2D eigenvalue weighted by Gasteiger charge is -2.26. The molecular weight excluding hydrogens is 324 g/mol. The summed E-state index contributed by atoms with van der Waals surface area (Å²) in [6.45, 7) is 10.3. The highest BCUT2D eigenvalue weighted by Gasteiger charge is 2.19. The van der Waals surface area contributed by atoms with Crippen molar-refractivity contribution < 1.29 is 4.79 Å². The Balaban J connectivity index is 1.94. The van der Waals surface area contributed by atoms with Gasteiger partial charge in [0.2, 0.25) is 5.91 Å². The van der Waals surface area contributed by atoms with Crippen molar-refractivity contribution in [2.75, 3.05) is 18.8 Å². The quantitative estimate of drug-likeness (QED) is 0.739. The number of hydrogen-bond acceptors (Lipinski definition) is 4. The first-order valence-electron chi connectivity index (χ1n) is 8.15. The number of rotatable bonds is 6. The van der Waals surface area contributed by atoms with Crippen molar-refractivity contribution in [3.63, 3.8) is 0 Å². The number of carbonyl (C=O) groups is 1. The van der Waals surface area contributed by atoms with Gasteiger partial charge in [-0.3, -0.25) is 4.79 Å². The number of fused-ring (bicyclic) bond motifs is 1. The fourth-order valence-electron chi connectivity index (χ4n) is 2.46. The highest BCUT2D eigenvalue weighted by Crippen LogP contribution is 2.34. The van der Waals surface area contributed by atoms with Crippen molar-refractivity contribution in [2.45, 2.75) is 33.4 Å². The normalized spacial score (nSPS) is 13.9. The molecule has 0 unspecified atom stereocenters. The Morgan fingerprint density at radius 1 is 1.22 bits per heavy atom. The Morgan fingerprint density at radius 2 is 1.87 bits per heavy atom. The Bertz CT molecular complexity index is 560. The summed E-state index contributed by atoms with van der Waals surface area (Å²) in [6, 6.07) is 8.22. The van der Waals surface area contributed by atoms with E-state index in [9.17, 15) is 4.79 Å². The van der Waals surface area contributed by atoms with E-state index in [2.05, 4.69) is 38.8 Å². The third kappa shape index (κ3) is 5.88. The van der Waals surface area contributed by atoms with E-state index < -0.39 is 0 Å². The van der Waals surface area contributed by atoms with E-state index in [-0.39, 0.29) is 5.91 Å². The molecule has 0 bridgehead atoms. The molecule has 0 saturated heterocycles. The average Bonchev–Trinajstić information content (AvgIpc) is 2.51. The topological polar surface area (TPSA) is 32.7 Å². The summed E-state index contributed by atoms with van der Waals surface area (Å²) in [6.07, 6.45) is 0. The molecule has 2 rings (SSSR count). The highest BCUT2D eigenvalue weighted by molar-refractivity contribution is 8.38. The number of thioether (sulfide) groups is 2. The number of para-hydroxylation sites is 1. The van der Waals surface area contributed by atoms with Crippen LogP contribution in [-0.2, 0) is 10.5 Å². The Morgan fingerprint density at radius 3 is 2.52 bits per heavy atom. The van der Waals surface area contributed by atoms with Gasteiger partial charge >= 0.3 is 0 Å². The second kappa shape index (κ2) is 8.78. The van der Waals surface area contributed by atoms with Crippen LogP contribution in [0.2, 0.25) is 0 Å². The molecule has 0 radical (unpaired) electrons. The van der Waals surface area contributed by atoms with Gasteiger partial charge in [-0.25, -0.2) is 4.99 Å². The van der Waals surface area contributed by atoms with Crippen LogP contribution in [0.15, 0.2) is 29.3 Å². The molecule has 0 N–H and O–H groups in total. The predicted molar refractivity (Wildman–Crippen MR) is 104 cm³/mol. The fourth-order valence-corrected chi connectivity index (χ4v) is 4.43. The monoisotopic (exact) mass is 350 g/mol. The lowest BCUT2D eigenvalue weighted by atomic mass is 10.1. The zero-order valence-electron chi connectivity index (χ0n) is 14.4. The Hall–Kier alpha value is -0.940. The van der Waals surface area contributed by atoms with E-state index in [1.165, 1.54) is 5.56 Å². The largest absolute Gasteiger partial charge is 0.341 e. The van der Waals surface area contributed by atoms with Crippen LogP contribution in [0, 0.1) is 11.8 Å². The number of aliphatic imine (C=N–C) groups is 1. The third-order valence-electron chi connectivity index (χ3n) is 3.40. The number of nitrogens with zero attached hydrogens (tertiary/aromatic N) is 2. The molecular formula is C18H26N2OS2. The van der Waals surface area contributed by atoms with Gasteiger partial charge in [0, 0.05) is 18.8 Å². The molecule has 23 heavy (non-hydrogen) atoms. The van der Waals surface area contributed by atoms with Crippen molar-refractivity contribution in [1.82, 2.24) is 4.90 Å². The first-order valence-corrected chi connectivity index (χ1v) is 10.1. The first-order chi connectivity index (χ1) is 11.0. The van der Waals surface area contributed by atoms with E-state index in [0.29, 0.717) is 17.6 Å². The lowest BCUT2D eigenvalue weighted by Crippen LogP contribution is -2.38. The number of hydrogen-bond donors (Lipinski definition) is 0. The van der Waals surface area contributed by atoms with E-state index in [0.717, 1.165) is 28.9 Å². The number of carbonyl (C=O) groups excluding carboxylic acids is 1. The summed E-state index contributed by atoms with van der Waals surface area (Å²) in [7, 11) is 0. The van der Waals surface area contributed by atoms with Crippen LogP contribution >= 0.6 is 23.5 Å².